The van der Waals surface area contributed by atoms with Crippen LogP contribution >= 0.6 is 0 Å². The first-order chi connectivity index (χ1) is 10.3. The van der Waals surface area contributed by atoms with Gasteiger partial charge in [0.15, 0.2) is 0 Å². The smallest absolute Gasteiger partial charge is 0.224 e. The van der Waals surface area contributed by atoms with E-state index in [0.717, 1.165) is 12.8 Å². The Morgan fingerprint density at radius 2 is 2.18 bits per heavy atom. The van der Waals surface area contributed by atoms with Crippen molar-refractivity contribution in [3.63, 3.8) is 0 Å². The topological polar surface area (TPSA) is 69.6 Å². The average Bonchev–Trinajstić information content (AvgIpc) is 2.43. The van der Waals surface area contributed by atoms with E-state index in [4.69, 9.17) is 0 Å². The lowest BCUT2D eigenvalue weighted by Crippen LogP contribution is -2.45. The number of rotatable bonds is 4. The lowest BCUT2D eigenvalue weighted by atomic mass is 9.64. The summed E-state index contributed by atoms with van der Waals surface area (Å²) < 4.78 is 0. The number of aliphatic hydroxyl groups is 1. The number of carbonyl (C=O) groups is 1. The lowest BCUT2D eigenvalue weighted by molar-refractivity contribution is -0.133. The average molecular weight is 305 g/mol. The summed E-state index contributed by atoms with van der Waals surface area (Å²) in [5.41, 5.74) is 0.605. The number of nitrogens with one attached hydrogen (secondary N) is 1. The molecule has 1 saturated carbocycles. The van der Waals surface area contributed by atoms with E-state index in [9.17, 15) is 15.0 Å². The van der Waals surface area contributed by atoms with E-state index < -0.39 is 6.10 Å². The zero-order valence-electron chi connectivity index (χ0n) is 13.7. The molecule has 0 saturated heterocycles. The summed E-state index contributed by atoms with van der Waals surface area (Å²) in [7, 11) is 0. The van der Waals surface area contributed by atoms with Gasteiger partial charge in [-0.15, -0.1) is 0 Å². The fraction of sp³-hybridized carbons (Fsp3) is 0.611. The van der Waals surface area contributed by atoms with Crippen LogP contribution in [-0.2, 0) is 4.79 Å². The first kappa shape index (κ1) is 16.8. The van der Waals surface area contributed by atoms with Crippen molar-refractivity contribution in [3.8, 4) is 5.75 Å². The van der Waals surface area contributed by atoms with Crippen LogP contribution in [0.2, 0.25) is 0 Å². The predicted octanol–water partition coefficient (Wildman–Crippen LogP) is 3.00. The normalized spacial score (nSPS) is 25.5. The third-order valence-electron chi connectivity index (χ3n) is 4.90. The van der Waals surface area contributed by atoms with Gasteiger partial charge >= 0.3 is 0 Å². The van der Waals surface area contributed by atoms with Gasteiger partial charge < -0.3 is 15.5 Å². The number of hydrogen-bond acceptors (Lipinski definition) is 3. The van der Waals surface area contributed by atoms with E-state index in [1.54, 1.807) is 18.2 Å². The molecule has 0 heterocycles. The van der Waals surface area contributed by atoms with Gasteiger partial charge in [-0.3, -0.25) is 4.79 Å². The molecule has 1 aromatic rings. The molecule has 3 N–H and O–H groups in total. The van der Waals surface area contributed by atoms with E-state index in [1.165, 1.54) is 12.5 Å². The van der Waals surface area contributed by atoms with Gasteiger partial charge in [-0.1, -0.05) is 39.3 Å². The molecule has 2 rings (SSSR count). The fourth-order valence-electron chi connectivity index (χ4n) is 3.74. The molecule has 1 aliphatic carbocycles. The summed E-state index contributed by atoms with van der Waals surface area (Å²) in [6.45, 7) is 6.61. The number of hydrogen-bond donors (Lipinski definition) is 3. The molecule has 0 aromatic heterocycles. The molecule has 0 bridgehead atoms. The number of aromatic hydroxyl groups is 1. The highest BCUT2D eigenvalue weighted by atomic mass is 16.3. The highest BCUT2D eigenvalue weighted by molar-refractivity contribution is 5.79. The molecular formula is C18H27NO3. The molecule has 122 valence electrons. The lowest BCUT2D eigenvalue weighted by Gasteiger charge is -2.41. The maximum Gasteiger partial charge on any atom is 0.224 e. The largest absolute Gasteiger partial charge is 0.508 e. The molecule has 1 amide bonds. The van der Waals surface area contributed by atoms with Crippen LogP contribution in [0.1, 0.15) is 51.7 Å². The van der Waals surface area contributed by atoms with Gasteiger partial charge in [-0.25, -0.2) is 0 Å². The highest BCUT2D eigenvalue weighted by Gasteiger charge is 2.41. The van der Waals surface area contributed by atoms with Crippen LogP contribution in [0.25, 0.3) is 0 Å². The molecule has 1 aliphatic rings. The van der Waals surface area contributed by atoms with E-state index in [0.29, 0.717) is 11.5 Å². The minimum absolute atomic E-state index is 0.00226. The van der Waals surface area contributed by atoms with Crippen LogP contribution in [0, 0.1) is 17.3 Å². The summed E-state index contributed by atoms with van der Waals surface area (Å²) >= 11 is 0. The molecule has 1 fully saturated rings. The van der Waals surface area contributed by atoms with Gasteiger partial charge in [0.25, 0.3) is 0 Å². The Balaban J connectivity index is 1.97. The molecular weight excluding hydrogens is 278 g/mol. The zero-order valence-corrected chi connectivity index (χ0v) is 13.7. The van der Waals surface area contributed by atoms with Crippen molar-refractivity contribution in [3.05, 3.63) is 29.8 Å². The zero-order chi connectivity index (χ0) is 16.3. The van der Waals surface area contributed by atoms with Crippen LogP contribution in [0.3, 0.4) is 0 Å². The quantitative estimate of drug-likeness (QED) is 0.801. The van der Waals surface area contributed by atoms with E-state index >= 15 is 0 Å². The van der Waals surface area contributed by atoms with Gasteiger partial charge in [-0.05, 0) is 41.9 Å². The summed E-state index contributed by atoms with van der Waals surface area (Å²) in [5, 5.41) is 22.5. The Morgan fingerprint density at radius 1 is 1.45 bits per heavy atom. The van der Waals surface area contributed by atoms with Crippen LogP contribution in [-0.4, -0.2) is 22.7 Å². The Kier molecular flexibility index (Phi) is 5.12. The van der Waals surface area contributed by atoms with Crippen molar-refractivity contribution in [2.75, 3.05) is 6.54 Å². The number of aliphatic hydroxyl groups excluding tert-OH is 1. The number of amides is 1. The van der Waals surface area contributed by atoms with E-state index in [1.807, 2.05) is 0 Å². The van der Waals surface area contributed by atoms with Crippen molar-refractivity contribution < 1.29 is 15.0 Å². The van der Waals surface area contributed by atoms with Crippen molar-refractivity contribution in [2.45, 2.75) is 46.1 Å². The molecule has 0 spiro atoms. The van der Waals surface area contributed by atoms with Crippen molar-refractivity contribution in [1.29, 1.82) is 0 Å². The van der Waals surface area contributed by atoms with Crippen LogP contribution in [0.5, 0.6) is 5.75 Å². The molecule has 22 heavy (non-hydrogen) atoms. The van der Waals surface area contributed by atoms with Crippen molar-refractivity contribution >= 4 is 5.91 Å². The first-order valence-corrected chi connectivity index (χ1v) is 8.06. The Labute approximate surface area is 132 Å². The van der Waals surface area contributed by atoms with E-state index in [2.05, 4.69) is 26.1 Å². The highest BCUT2D eigenvalue weighted by Crippen LogP contribution is 2.43. The number of phenols is 1. The maximum absolute atomic E-state index is 12.6. The molecule has 0 aliphatic heterocycles. The van der Waals surface area contributed by atoms with Gasteiger partial charge in [0.05, 0.1) is 6.10 Å². The van der Waals surface area contributed by atoms with Gasteiger partial charge in [-0.2, -0.15) is 0 Å². The standard InChI is InChI=1S/C18H27NO3/c1-12-6-5-9-18(2,3)16(12)17(22)19-11-15(21)13-7-4-8-14(20)10-13/h4,7-8,10,12,15-16,20-21H,5-6,9,11H2,1-3H3,(H,19,22). The molecule has 0 radical (unpaired) electrons. The van der Waals surface area contributed by atoms with Crippen LogP contribution in [0.15, 0.2) is 24.3 Å². The summed E-state index contributed by atoms with van der Waals surface area (Å²) in [5.74, 6) is 0.487. The van der Waals surface area contributed by atoms with Gasteiger partial charge in [0.2, 0.25) is 5.91 Å². The number of phenolic OH excluding ortho intramolecular Hbond substituents is 1. The van der Waals surface area contributed by atoms with Crippen LogP contribution < -0.4 is 5.32 Å². The minimum Gasteiger partial charge on any atom is -0.508 e. The second kappa shape index (κ2) is 6.69. The van der Waals surface area contributed by atoms with Crippen LogP contribution in [0.4, 0.5) is 0 Å². The summed E-state index contributed by atoms with van der Waals surface area (Å²) in [6, 6.07) is 6.50. The Morgan fingerprint density at radius 3 is 2.82 bits per heavy atom. The number of carbonyl (C=O) groups excluding carboxylic acids is 1. The molecule has 3 unspecified atom stereocenters. The van der Waals surface area contributed by atoms with Gasteiger partial charge in [0, 0.05) is 12.5 Å². The van der Waals surface area contributed by atoms with Crippen molar-refractivity contribution in [1.82, 2.24) is 5.32 Å². The van der Waals surface area contributed by atoms with Crippen molar-refractivity contribution in [2.24, 2.45) is 17.3 Å². The second-order valence-corrected chi connectivity index (χ2v) is 7.19. The molecule has 3 atom stereocenters. The molecule has 4 heteroatoms. The summed E-state index contributed by atoms with van der Waals surface area (Å²) in [6.07, 6.45) is 2.50. The SMILES string of the molecule is CC1CCCC(C)(C)C1C(=O)NCC(O)c1cccc(O)c1. The third-order valence-corrected chi connectivity index (χ3v) is 4.90. The summed E-state index contributed by atoms with van der Waals surface area (Å²) in [4.78, 5) is 12.6. The Hall–Kier alpha value is -1.55. The fourth-order valence-corrected chi connectivity index (χ4v) is 3.74. The maximum atomic E-state index is 12.6. The third kappa shape index (κ3) is 3.80. The molecule has 4 nitrogen and oxygen atoms in total. The molecule has 1 aromatic carbocycles. The predicted molar refractivity (Wildman–Crippen MR) is 86.4 cm³/mol. The van der Waals surface area contributed by atoms with E-state index in [-0.39, 0.29) is 29.5 Å². The first-order valence-electron chi connectivity index (χ1n) is 8.06. The minimum atomic E-state index is -0.807. The number of benzene rings is 1. The second-order valence-electron chi connectivity index (χ2n) is 7.19. The van der Waals surface area contributed by atoms with Gasteiger partial charge in [0.1, 0.15) is 5.75 Å². The Bertz CT molecular complexity index is 527. The monoisotopic (exact) mass is 305 g/mol.